The molecule has 4 nitrogen and oxygen atoms in total. The number of ketones is 1. The molecule has 0 radical (unpaired) electrons. The topological polar surface area (TPSA) is 55.8 Å². The number of phenolic OH excluding ortho intramolecular Hbond substituents is 1. The number of ether oxygens (including phenoxy) is 2. The van der Waals surface area contributed by atoms with Crippen LogP contribution in [0, 0.1) is 5.82 Å². The zero-order chi connectivity index (χ0) is 16.1. The first kappa shape index (κ1) is 15.6. The van der Waals surface area contributed by atoms with E-state index in [4.69, 9.17) is 9.47 Å². The highest BCUT2D eigenvalue weighted by Gasteiger charge is 2.10. The number of rotatable bonds is 5. The first-order chi connectivity index (χ1) is 10.5. The highest BCUT2D eigenvalue weighted by molar-refractivity contribution is 6.07. The Morgan fingerprint density at radius 1 is 1.09 bits per heavy atom. The minimum absolute atomic E-state index is 0.163. The van der Waals surface area contributed by atoms with Gasteiger partial charge >= 0.3 is 0 Å². The van der Waals surface area contributed by atoms with E-state index in [0.29, 0.717) is 17.1 Å². The number of aromatic hydroxyl groups is 1. The molecule has 1 N–H and O–H groups in total. The van der Waals surface area contributed by atoms with Crippen molar-refractivity contribution in [3.8, 4) is 17.2 Å². The molecule has 0 atom stereocenters. The van der Waals surface area contributed by atoms with Crippen molar-refractivity contribution in [1.82, 2.24) is 0 Å². The molecule has 2 rings (SSSR count). The summed E-state index contributed by atoms with van der Waals surface area (Å²) in [6, 6.07) is 8.47. The molecule has 0 bridgehead atoms. The lowest BCUT2D eigenvalue weighted by atomic mass is 10.1. The number of phenols is 1. The van der Waals surface area contributed by atoms with Crippen molar-refractivity contribution in [3.05, 3.63) is 59.4 Å². The minimum atomic E-state index is -0.681. The van der Waals surface area contributed by atoms with E-state index in [1.807, 2.05) is 0 Å². The molecule has 0 aliphatic rings. The summed E-state index contributed by atoms with van der Waals surface area (Å²) < 4.78 is 23.8. The molecule has 114 valence electrons. The van der Waals surface area contributed by atoms with Crippen LogP contribution in [0.3, 0.4) is 0 Å². The van der Waals surface area contributed by atoms with Gasteiger partial charge in [0.1, 0.15) is 11.6 Å². The largest absolute Gasteiger partial charge is 0.508 e. The van der Waals surface area contributed by atoms with Gasteiger partial charge in [0.15, 0.2) is 17.3 Å². The minimum Gasteiger partial charge on any atom is -0.508 e. The normalized spacial score (nSPS) is 10.7. The van der Waals surface area contributed by atoms with Crippen molar-refractivity contribution in [2.24, 2.45) is 0 Å². The molecule has 2 aromatic rings. The molecule has 0 aliphatic carbocycles. The number of allylic oxidation sites excluding steroid dienone is 1. The Hall–Kier alpha value is -2.82. The van der Waals surface area contributed by atoms with Crippen LogP contribution in [-0.4, -0.2) is 25.1 Å². The van der Waals surface area contributed by atoms with Crippen molar-refractivity contribution < 1.29 is 23.8 Å². The first-order valence-electron chi connectivity index (χ1n) is 6.48. The van der Waals surface area contributed by atoms with E-state index < -0.39 is 11.6 Å². The highest BCUT2D eigenvalue weighted by atomic mass is 19.1. The van der Waals surface area contributed by atoms with Crippen LogP contribution >= 0.6 is 0 Å². The summed E-state index contributed by atoms with van der Waals surface area (Å²) in [5.74, 6) is -0.280. The summed E-state index contributed by atoms with van der Waals surface area (Å²) >= 11 is 0. The van der Waals surface area contributed by atoms with E-state index in [1.165, 1.54) is 32.4 Å². The number of methoxy groups -OCH3 is 2. The lowest BCUT2D eigenvalue weighted by molar-refractivity contribution is 0.104. The first-order valence-corrected chi connectivity index (χ1v) is 6.48. The van der Waals surface area contributed by atoms with Crippen molar-refractivity contribution in [2.75, 3.05) is 14.2 Å². The molecular formula is C17H15FO4. The van der Waals surface area contributed by atoms with Gasteiger partial charge in [-0.25, -0.2) is 4.39 Å². The van der Waals surface area contributed by atoms with Gasteiger partial charge in [-0.1, -0.05) is 12.1 Å². The van der Waals surface area contributed by atoms with E-state index in [-0.39, 0.29) is 11.3 Å². The lowest BCUT2D eigenvalue weighted by Crippen LogP contribution is -1.98. The van der Waals surface area contributed by atoms with Crippen molar-refractivity contribution in [1.29, 1.82) is 0 Å². The van der Waals surface area contributed by atoms with E-state index in [9.17, 15) is 14.3 Å². The van der Waals surface area contributed by atoms with Crippen molar-refractivity contribution in [2.45, 2.75) is 0 Å². The molecule has 0 saturated heterocycles. The average Bonchev–Trinajstić information content (AvgIpc) is 2.54. The molecule has 0 amide bonds. The Labute approximate surface area is 127 Å². The molecular weight excluding hydrogens is 287 g/mol. The zero-order valence-corrected chi connectivity index (χ0v) is 12.2. The van der Waals surface area contributed by atoms with Gasteiger partial charge in [0.05, 0.1) is 19.8 Å². The molecule has 0 aliphatic heterocycles. The summed E-state index contributed by atoms with van der Waals surface area (Å²) in [6.07, 6.45) is 2.77. The van der Waals surface area contributed by atoms with Crippen molar-refractivity contribution >= 4 is 11.9 Å². The van der Waals surface area contributed by atoms with Crippen LogP contribution in [0.5, 0.6) is 17.2 Å². The third kappa shape index (κ3) is 3.44. The Morgan fingerprint density at radius 3 is 2.50 bits per heavy atom. The smallest absolute Gasteiger partial charge is 0.188 e. The van der Waals surface area contributed by atoms with Gasteiger partial charge in [-0.05, 0) is 42.0 Å². The molecule has 22 heavy (non-hydrogen) atoms. The van der Waals surface area contributed by atoms with Crippen LogP contribution in [0.1, 0.15) is 15.9 Å². The summed E-state index contributed by atoms with van der Waals surface area (Å²) in [7, 11) is 3.04. The molecule has 0 saturated carbocycles. The van der Waals surface area contributed by atoms with E-state index in [1.54, 1.807) is 18.2 Å². The Balaban J connectivity index is 2.24. The zero-order valence-electron chi connectivity index (χ0n) is 12.2. The van der Waals surface area contributed by atoms with Crippen LogP contribution < -0.4 is 9.47 Å². The monoisotopic (exact) mass is 302 g/mol. The second-order valence-corrected chi connectivity index (χ2v) is 4.48. The van der Waals surface area contributed by atoms with Crippen LogP contribution in [0.15, 0.2) is 42.5 Å². The SMILES string of the molecule is COc1ccc(/C=C/C(=O)c2cc(O)ccc2F)cc1OC. The lowest BCUT2D eigenvalue weighted by Gasteiger charge is -2.07. The second-order valence-electron chi connectivity index (χ2n) is 4.48. The molecule has 0 aromatic heterocycles. The predicted molar refractivity (Wildman–Crippen MR) is 81.0 cm³/mol. The highest BCUT2D eigenvalue weighted by Crippen LogP contribution is 2.28. The molecule has 0 spiro atoms. The Morgan fingerprint density at radius 2 is 1.82 bits per heavy atom. The molecule has 0 unspecified atom stereocenters. The number of halogens is 1. The van der Waals surface area contributed by atoms with Gasteiger partial charge in [0.2, 0.25) is 0 Å². The number of benzene rings is 2. The number of carbonyl (C=O) groups excluding carboxylic acids is 1. The van der Waals surface area contributed by atoms with Crippen LogP contribution in [0.2, 0.25) is 0 Å². The fourth-order valence-electron chi connectivity index (χ4n) is 1.92. The van der Waals surface area contributed by atoms with E-state index >= 15 is 0 Å². The summed E-state index contributed by atoms with van der Waals surface area (Å²) in [5, 5.41) is 9.32. The van der Waals surface area contributed by atoms with Gasteiger partial charge in [0, 0.05) is 0 Å². The van der Waals surface area contributed by atoms with Gasteiger partial charge < -0.3 is 14.6 Å². The predicted octanol–water partition coefficient (Wildman–Crippen LogP) is 3.44. The Kier molecular flexibility index (Phi) is 4.78. The molecule has 5 heteroatoms. The maximum Gasteiger partial charge on any atom is 0.188 e. The van der Waals surface area contributed by atoms with Gasteiger partial charge in [-0.15, -0.1) is 0 Å². The quantitative estimate of drug-likeness (QED) is 0.679. The Bertz CT molecular complexity index is 723. The van der Waals surface area contributed by atoms with Crippen LogP contribution in [-0.2, 0) is 0 Å². The summed E-state index contributed by atoms with van der Waals surface area (Å²) in [6.45, 7) is 0. The standard InChI is InChI=1S/C17H15FO4/c1-21-16-8-4-11(9-17(16)22-2)3-7-15(20)13-10-12(19)5-6-14(13)18/h3-10,19H,1-2H3/b7-3+. The third-order valence-corrected chi connectivity index (χ3v) is 3.05. The van der Waals surface area contributed by atoms with Crippen LogP contribution in [0.4, 0.5) is 4.39 Å². The number of hydrogen-bond donors (Lipinski definition) is 1. The van der Waals surface area contributed by atoms with Gasteiger partial charge in [-0.2, -0.15) is 0 Å². The molecule has 2 aromatic carbocycles. The molecule has 0 fully saturated rings. The molecule has 0 heterocycles. The summed E-state index contributed by atoms with van der Waals surface area (Å²) in [5.41, 5.74) is 0.517. The van der Waals surface area contributed by atoms with Crippen LogP contribution in [0.25, 0.3) is 6.08 Å². The van der Waals surface area contributed by atoms with Gasteiger partial charge in [-0.3, -0.25) is 4.79 Å². The third-order valence-electron chi connectivity index (χ3n) is 3.05. The second kappa shape index (κ2) is 6.76. The maximum atomic E-state index is 13.6. The van der Waals surface area contributed by atoms with E-state index in [2.05, 4.69) is 0 Å². The van der Waals surface area contributed by atoms with E-state index in [0.717, 1.165) is 12.1 Å². The number of carbonyl (C=O) groups is 1. The fourth-order valence-corrected chi connectivity index (χ4v) is 1.92. The number of hydrogen-bond acceptors (Lipinski definition) is 4. The van der Waals surface area contributed by atoms with Crippen molar-refractivity contribution in [3.63, 3.8) is 0 Å². The van der Waals surface area contributed by atoms with Gasteiger partial charge in [0.25, 0.3) is 0 Å². The summed E-state index contributed by atoms with van der Waals surface area (Å²) in [4.78, 5) is 12.0. The maximum absolute atomic E-state index is 13.6. The average molecular weight is 302 g/mol. The fraction of sp³-hybridized carbons (Fsp3) is 0.118.